The molecule has 1 N–H and O–H groups in total. The lowest BCUT2D eigenvalue weighted by Crippen LogP contribution is -2.57. The van der Waals surface area contributed by atoms with Gasteiger partial charge in [0, 0.05) is 30.2 Å². The summed E-state index contributed by atoms with van der Waals surface area (Å²) in [5.74, 6) is -0.775. The van der Waals surface area contributed by atoms with Crippen molar-refractivity contribution in [3.8, 4) is 0 Å². The number of nitrogens with zero attached hydrogens (tertiary/aromatic N) is 1. The van der Waals surface area contributed by atoms with Crippen LogP contribution in [0.1, 0.15) is 13.8 Å². The van der Waals surface area contributed by atoms with Crippen molar-refractivity contribution in [2.24, 2.45) is 0 Å². The zero-order valence-corrected chi connectivity index (χ0v) is 13.5. The van der Waals surface area contributed by atoms with Gasteiger partial charge in [-0.25, -0.2) is 12.8 Å². The van der Waals surface area contributed by atoms with E-state index in [1.807, 2.05) is 6.92 Å². The largest absolute Gasteiger partial charge is 0.311 e. The molecule has 0 spiro atoms. The molecule has 1 aliphatic heterocycles. The minimum Gasteiger partial charge on any atom is -0.311 e. The van der Waals surface area contributed by atoms with Crippen LogP contribution in [0.5, 0.6) is 0 Å². The first-order valence-electron chi connectivity index (χ1n) is 6.04. The molecule has 2 unspecified atom stereocenters. The SMILES string of the molecule is CC1NCCN(S(=O)(=O)c2cc(Cl)ccc2F)C1C.Cl. The second kappa shape index (κ2) is 6.58. The summed E-state index contributed by atoms with van der Waals surface area (Å²) in [4.78, 5) is -0.360. The van der Waals surface area contributed by atoms with Crippen LogP contribution in [-0.4, -0.2) is 37.9 Å². The molecule has 4 nitrogen and oxygen atoms in total. The van der Waals surface area contributed by atoms with Gasteiger partial charge in [-0.3, -0.25) is 0 Å². The van der Waals surface area contributed by atoms with Crippen molar-refractivity contribution in [2.75, 3.05) is 13.1 Å². The van der Waals surface area contributed by atoms with Crippen LogP contribution >= 0.6 is 24.0 Å². The van der Waals surface area contributed by atoms with Crippen molar-refractivity contribution in [3.05, 3.63) is 29.0 Å². The molecule has 1 saturated heterocycles. The molecule has 1 heterocycles. The Labute approximate surface area is 129 Å². The lowest BCUT2D eigenvalue weighted by atomic mass is 10.1. The summed E-state index contributed by atoms with van der Waals surface area (Å²) in [5, 5.41) is 3.39. The third-order valence-electron chi connectivity index (χ3n) is 3.46. The lowest BCUT2D eigenvalue weighted by molar-refractivity contribution is 0.232. The molecule has 0 bridgehead atoms. The number of sulfonamides is 1. The highest BCUT2D eigenvalue weighted by Crippen LogP contribution is 2.26. The number of nitrogens with one attached hydrogen (secondary N) is 1. The van der Waals surface area contributed by atoms with Gasteiger partial charge >= 0.3 is 0 Å². The fraction of sp³-hybridized carbons (Fsp3) is 0.500. The fourth-order valence-electron chi connectivity index (χ4n) is 2.17. The van der Waals surface area contributed by atoms with E-state index in [9.17, 15) is 12.8 Å². The normalized spacial score (nSPS) is 24.2. The summed E-state index contributed by atoms with van der Waals surface area (Å²) < 4.78 is 40.1. The second-order valence-electron chi connectivity index (χ2n) is 4.67. The first-order valence-corrected chi connectivity index (χ1v) is 7.86. The summed E-state index contributed by atoms with van der Waals surface area (Å²) in [6.45, 7) is 4.57. The van der Waals surface area contributed by atoms with E-state index in [1.165, 1.54) is 10.4 Å². The second-order valence-corrected chi connectivity index (χ2v) is 6.97. The van der Waals surface area contributed by atoms with E-state index in [-0.39, 0.29) is 34.4 Å². The first-order chi connectivity index (χ1) is 8.84. The Balaban J connectivity index is 0.00000200. The zero-order valence-electron chi connectivity index (χ0n) is 11.1. The lowest BCUT2D eigenvalue weighted by Gasteiger charge is -2.37. The summed E-state index contributed by atoms with van der Waals surface area (Å²) in [5.41, 5.74) is 0. The predicted molar refractivity (Wildman–Crippen MR) is 79.5 cm³/mol. The molecule has 20 heavy (non-hydrogen) atoms. The Morgan fingerprint density at radius 2 is 2.05 bits per heavy atom. The van der Waals surface area contributed by atoms with Gasteiger partial charge in [-0.15, -0.1) is 12.4 Å². The van der Waals surface area contributed by atoms with E-state index in [1.54, 1.807) is 6.92 Å². The van der Waals surface area contributed by atoms with Crippen LogP contribution in [0.2, 0.25) is 5.02 Å². The highest BCUT2D eigenvalue weighted by atomic mass is 35.5. The maximum Gasteiger partial charge on any atom is 0.246 e. The Kier molecular flexibility index (Phi) is 5.80. The van der Waals surface area contributed by atoms with Crippen LogP contribution in [0.3, 0.4) is 0 Å². The molecule has 2 rings (SSSR count). The molecular formula is C12H17Cl2FN2O2S. The van der Waals surface area contributed by atoms with Crippen molar-refractivity contribution in [3.63, 3.8) is 0 Å². The summed E-state index contributed by atoms with van der Waals surface area (Å²) in [6, 6.07) is 3.35. The van der Waals surface area contributed by atoms with Crippen molar-refractivity contribution in [2.45, 2.75) is 30.8 Å². The average molecular weight is 343 g/mol. The highest BCUT2D eigenvalue weighted by Gasteiger charge is 2.35. The highest BCUT2D eigenvalue weighted by molar-refractivity contribution is 7.89. The minimum absolute atomic E-state index is 0. The molecule has 114 valence electrons. The van der Waals surface area contributed by atoms with E-state index < -0.39 is 15.8 Å². The summed E-state index contributed by atoms with van der Waals surface area (Å²) in [7, 11) is -3.86. The Morgan fingerprint density at radius 3 is 2.70 bits per heavy atom. The summed E-state index contributed by atoms with van der Waals surface area (Å²) >= 11 is 5.76. The summed E-state index contributed by atoms with van der Waals surface area (Å²) in [6.07, 6.45) is 0. The molecule has 1 aliphatic rings. The van der Waals surface area contributed by atoms with Gasteiger partial charge in [0.05, 0.1) is 0 Å². The average Bonchev–Trinajstić information content (AvgIpc) is 2.35. The molecule has 1 aromatic carbocycles. The van der Waals surface area contributed by atoms with Crippen LogP contribution in [0.25, 0.3) is 0 Å². The number of piperazine rings is 1. The van der Waals surface area contributed by atoms with Crippen molar-refractivity contribution in [1.82, 2.24) is 9.62 Å². The third-order valence-corrected chi connectivity index (χ3v) is 5.69. The molecule has 1 fully saturated rings. The number of benzene rings is 1. The first kappa shape index (κ1) is 17.7. The third kappa shape index (κ3) is 3.26. The molecule has 0 saturated carbocycles. The predicted octanol–water partition coefficient (Wildman–Crippen LogP) is 2.27. The fourth-order valence-corrected chi connectivity index (χ4v) is 4.20. The molecule has 2 atom stereocenters. The maximum atomic E-state index is 13.8. The smallest absolute Gasteiger partial charge is 0.246 e. The van der Waals surface area contributed by atoms with Gasteiger partial charge < -0.3 is 5.32 Å². The van der Waals surface area contributed by atoms with E-state index in [0.29, 0.717) is 13.1 Å². The molecule has 8 heteroatoms. The van der Waals surface area contributed by atoms with Crippen molar-refractivity contribution >= 4 is 34.0 Å². The van der Waals surface area contributed by atoms with Crippen LogP contribution in [0, 0.1) is 5.82 Å². The Bertz CT molecular complexity index is 583. The van der Waals surface area contributed by atoms with Gasteiger partial charge in [0.25, 0.3) is 0 Å². The minimum atomic E-state index is -3.86. The molecule has 0 aromatic heterocycles. The number of rotatable bonds is 2. The topological polar surface area (TPSA) is 49.4 Å². The molecular weight excluding hydrogens is 326 g/mol. The van der Waals surface area contributed by atoms with Crippen LogP contribution in [0.15, 0.2) is 23.1 Å². The van der Waals surface area contributed by atoms with Crippen molar-refractivity contribution < 1.29 is 12.8 Å². The van der Waals surface area contributed by atoms with Gasteiger partial charge in [-0.2, -0.15) is 4.31 Å². The van der Waals surface area contributed by atoms with Crippen LogP contribution in [0.4, 0.5) is 4.39 Å². The number of hydrogen-bond donors (Lipinski definition) is 1. The molecule has 0 aliphatic carbocycles. The van der Waals surface area contributed by atoms with Gasteiger partial charge in [0.1, 0.15) is 10.7 Å². The zero-order chi connectivity index (χ0) is 14.2. The monoisotopic (exact) mass is 342 g/mol. The van der Waals surface area contributed by atoms with Gasteiger partial charge in [-0.1, -0.05) is 11.6 Å². The van der Waals surface area contributed by atoms with Crippen LogP contribution in [-0.2, 0) is 10.0 Å². The van der Waals surface area contributed by atoms with Crippen molar-refractivity contribution in [1.29, 1.82) is 0 Å². The molecule has 0 radical (unpaired) electrons. The Morgan fingerprint density at radius 1 is 1.40 bits per heavy atom. The van der Waals surface area contributed by atoms with Gasteiger partial charge in [0.15, 0.2) is 0 Å². The number of hydrogen-bond acceptors (Lipinski definition) is 3. The van der Waals surface area contributed by atoms with Crippen LogP contribution < -0.4 is 5.32 Å². The number of halogens is 3. The molecule has 0 amide bonds. The maximum absolute atomic E-state index is 13.8. The van der Waals surface area contributed by atoms with Gasteiger partial charge in [0.2, 0.25) is 10.0 Å². The van der Waals surface area contributed by atoms with E-state index in [4.69, 9.17) is 11.6 Å². The van der Waals surface area contributed by atoms with E-state index >= 15 is 0 Å². The molecule has 1 aromatic rings. The van der Waals surface area contributed by atoms with Gasteiger partial charge in [-0.05, 0) is 32.0 Å². The Hall–Kier alpha value is -0.400. The van der Waals surface area contributed by atoms with E-state index in [2.05, 4.69) is 5.32 Å². The quantitative estimate of drug-likeness (QED) is 0.896. The standard InChI is InChI=1S/C12H16ClFN2O2S.ClH/c1-8-9(2)16(6-5-15-8)19(17,18)12-7-10(13)3-4-11(12)14;/h3-4,7-9,15H,5-6H2,1-2H3;1H. The van der Waals surface area contributed by atoms with E-state index in [0.717, 1.165) is 12.1 Å².